The zero-order valence-electron chi connectivity index (χ0n) is 8.88. The molecule has 0 saturated carbocycles. The number of hydrogen-bond donors (Lipinski definition) is 1. The van der Waals surface area contributed by atoms with Gasteiger partial charge in [-0.2, -0.15) is 0 Å². The Morgan fingerprint density at radius 1 is 1.50 bits per heavy atom. The van der Waals surface area contributed by atoms with Crippen LogP contribution in [0, 0.1) is 5.41 Å². The van der Waals surface area contributed by atoms with Crippen LogP contribution >= 0.6 is 27.3 Å². The van der Waals surface area contributed by atoms with Crippen molar-refractivity contribution in [3.8, 4) is 0 Å². The van der Waals surface area contributed by atoms with Crippen LogP contribution in [0.15, 0.2) is 15.9 Å². The third-order valence-corrected chi connectivity index (χ3v) is 3.91. The summed E-state index contributed by atoms with van der Waals surface area (Å²) < 4.78 is 1.12. The molecule has 0 fully saturated rings. The molecule has 80 valence electrons. The number of aliphatic hydroxyl groups excluding tert-OH is 1. The summed E-state index contributed by atoms with van der Waals surface area (Å²) in [5.41, 5.74) is 0.198. The van der Waals surface area contributed by atoms with Crippen molar-refractivity contribution in [1.29, 1.82) is 0 Å². The van der Waals surface area contributed by atoms with Crippen LogP contribution < -0.4 is 0 Å². The van der Waals surface area contributed by atoms with E-state index in [1.54, 1.807) is 11.3 Å². The van der Waals surface area contributed by atoms with Gasteiger partial charge in [-0.1, -0.05) is 20.8 Å². The molecule has 0 aromatic carbocycles. The minimum atomic E-state index is -0.232. The molecule has 1 nitrogen and oxygen atoms in total. The van der Waals surface area contributed by atoms with E-state index in [0.29, 0.717) is 0 Å². The largest absolute Gasteiger partial charge is 0.393 e. The molecular formula is C11H17BrOS. The van der Waals surface area contributed by atoms with Gasteiger partial charge in [0.25, 0.3) is 0 Å². The van der Waals surface area contributed by atoms with E-state index in [-0.39, 0.29) is 11.5 Å². The van der Waals surface area contributed by atoms with E-state index < -0.39 is 0 Å². The fourth-order valence-corrected chi connectivity index (χ4v) is 3.05. The molecule has 0 aliphatic rings. The van der Waals surface area contributed by atoms with E-state index in [4.69, 9.17) is 0 Å². The molecular weight excluding hydrogens is 260 g/mol. The van der Waals surface area contributed by atoms with Crippen LogP contribution in [0.25, 0.3) is 0 Å². The molecule has 0 radical (unpaired) electrons. The van der Waals surface area contributed by atoms with Gasteiger partial charge in [0, 0.05) is 15.8 Å². The molecule has 0 saturated heterocycles. The molecule has 1 heterocycles. The number of halogens is 1. The van der Waals surface area contributed by atoms with Gasteiger partial charge in [0.2, 0.25) is 0 Å². The standard InChI is InChI=1S/C11H17BrOS/c1-11(2,3)7-8(13)6-10-9(12)4-5-14-10/h4-5,8,13H,6-7H2,1-3H3. The van der Waals surface area contributed by atoms with Crippen molar-refractivity contribution in [3.63, 3.8) is 0 Å². The summed E-state index contributed by atoms with van der Waals surface area (Å²) in [5, 5.41) is 11.9. The van der Waals surface area contributed by atoms with Gasteiger partial charge in [-0.05, 0) is 39.2 Å². The number of rotatable bonds is 3. The smallest absolute Gasteiger partial charge is 0.0593 e. The lowest BCUT2D eigenvalue weighted by molar-refractivity contribution is 0.122. The summed E-state index contributed by atoms with van der Waals surface area (Å²) >= 11 is 5.17. The van der Waals surface area contributed by atoms with Crippen molar-refractivity contribution in [2.24, 2.45) is 5.41 Å². The van der Waals surface area contributed by atoms with Crippen LogP contribution in [0.2, 0.25) is 0 Å². The third kappa shape index (κ3) is 4.11. The van der Waals surface area contributed by atoms with Crippen LogP contribution in [0.1, 0.15) is 32.1 Å². The normalized spacial score (nSPS) is 14.4. The first-order valence-electron chi connectivity index (χ1n) is 4.78. The van der Waals surface area contributed by atoms with E-state index in [9.17, 15) is 5.11 Å². The van der Waals surface area contributed by atoms with Crippen molar-refractivity contribution in [1.82, 2.24) is 0 Å². The Balaban J connectivity index is 2.50. The van der Waals surface area contributed by atoms with Gasteiger partial charge < -0.3 is 5.11 Å². The van der Waals surface area contributed by atoms with Crippen LogP contribution in [0.5, 0.6) is 0 Å². The highest BCUT2D eigenvalue weighted by Crippen LogP contribution is 2.27. The maximum Gasteiger partial charge on any atom is 0.0593 e. The Bertz CT molecular complexity index is 288. The zero-order valence-corrected chi connectivity index (χ0v) is 11.3. The average molecular weight is 277 g/mol. The van der Waals surface area contributed by atoms with Gasteiger partial charge in [0.15, 0.2) is 0 Å². The second-order valence-electron chi connectivity index (χ2n) is 4.81. The molecule has 1 aromatic heterocycles. The van der Waals surface area contributed by atoms with Gasteiger partial charge in [0.05, 0.1) is 6.10 Å². The van der Waals surface area contributed by atoms with Gasteiger partial charge >= 0.3 is 0 Å². The van der Waals surface area contributed by atoms with E-state index >= 15 is 0 Å². The van der Waals surface area contributed by atoms with Crippen molar-refractivity contribution in [3.05, 3.63) is 20.8 Å². The molecule has 0 aliphatic carbocycles. The second-order valence-corrected chi connectivity index (χ2v) is 6.67. The fraction of sp³-hybridized carbons (Fsp3) is 0.636. The van der Waals surface area contributed by atoms with E-state index in [2.05, 4.69) is 36.7 Å². The Labute approximate surface area is 98.3 Å². The second kappa shape index (κ2) is 4.77. The summed E-state index contributed by atoms with van der Waals surface area (Å²) in [6.45, 7) is 6.46. The SMILES string of the molecule is CC(C)(C)CC(O)Cc1sccc1Br. The Morgan fingerprint density at radius 3 is 2.57 bits per heavy atom. The van der Waals surface area contributed by atoms with E-state index in [1.165, 1.54) is 4.88 Å². The highest BCUT2D eigenvalue weighted by Gasteiger charge is 2.18. The maximum absolute atomic E-state index is 9.87. The lowest BCUT2D eigenvalue weighted by Gasteiger charge is -2.22. The van der Waals surface area contributed by atoms with Crippen molar-refractivity contribution in [2.75, 3.05) is 0 Å². The van der Waals surface area contributed by atoms with Crippen LogP contribution in [0.3, 0.4) is 0 Å². The van der Waals surface area contributed by atoms with Gasteiger partial charge in [-0.15, -0.1) is 11.3 Å². The van der Waals surface area contributed by atoms with Crippen LogP contribution in [0.4, 0.5) is 0 Å². The van der Waals surface area contributed by atoms with Gasteiger partial charge in [-0.3, -0.25) is 0 Å². The molecule has 3 heteroatoms. The Morgan fingerprint density at radius 2 is 2.14 bits per heavy atom. The molecule has 1 unspecified atom stereocenters. The average Bonchev–Trinajstić information content (AvgIpc) is 2.32. The first-order chi connectivity index (χ1) is 6.38. The Hall–Kier alpha value is 0.140. The fourth-order valence-electron chi connectivity index (χ4n) is 1.46. The summed E-state index contributed by atoms with van der Waals surface area (Å²) in [4.78, 5) is 1.24. The highest BCUT2D eigenvalue weighted by molar-refractivity contribution is 9.10. The predicted octanol–water partition coefficient (Wildman–Crippen LogP) is 3.85. The lowest BCUT2D eigenvalue weighted by atomic mass is 9.88. The van der Waals surface area contributed by atoms with Crippen molar-refractivity contribution in [2.45, 2.75) is 39.7 Å². The molecule has 0 spiro atoms. The number of aliphatic hydroxyl groups is 1. The first kappa shape index (κ1) is 12.2. The van der Waals surface area contributed by atoms with Gasteiger partial charge in [-0.25, -0.2) is 0 Å². The summed E-state index contributed by atoms with van der Waals surface area (Å²) in [7, 11) is 0. The van der Waals surface area contributed by atoms with Gasteiger partial charge in [0.1, 0.15) is 0 Å². The third-order valence-electron chi connectivity index (χ3n) is 1.96. The molecule has 0 bridgehead atoms. The molecule has 0 aliphatic heterocycles. The van der Waals surface area contributed by atoms with Crippen LogP contribution in [-0.4, -0.2) is 11.2 Å². The molecule has 1 atom stereocenters. The molecule has 14 heavy (non-hydrogen) atoms. The van der Waals surface area contributed by atoms with Crippen molar-refractivity contribution >= 4 is 27.3 Å². The monoisotopic (exact) mass is 276 g/mol. The summed E-state index contributed by atoms with van der Waals surface area (Å²) in [5.74, 6) is 0. The van der Waals surface area contributed by atoms with Crippen molar-refractivity contribution < 1.29 is 5.11 Å². The van der Waals surface area contributed by atoms with E-state index in [1.807, 2.05) is 11.4 Å². The Kier molecular flexibility index (Phi) is 4.16. The molecule has 1 aromatic rings. The zero-order chi connectivity index (χ0) is 10.8. The first-order valence-corrected chi connectivity index (χ1v) is 6.46. The number of thiophene rings is 1. The topological polar surface area (TPSA) is 20.2 Å². The lowest BCUT2D eigenvalue weighted by Crippen LogP contribution is -2.19. The maximum atomic E-state index is 9.87. The molecule has 1 N–H and O–H groups in total. The highest BCUT2D eigenvalue weighted by atomic mass is 79.9. The summed E-state index contributed by atoms with van der Waals surface area (Å²) in [6.07, 6.45) is 1.37. The number of hydrogen-bond acceptors (Lipinski definition) is 2. The summed E-state index contributed by atoms with van der Waals surface area (Å²) in [6, 6.07) is 2.03. The van der Waals surface area contributed by atoms with Crippen LogP contribution in [-0.2, 0) is 6.42 Å². The molecule has 0 amide bonds. The van der Waals surface area contributed by atoms with E-state index in [0.717, 1.165) is 17.3 Å². The molecule has 1 rings (SSSR count). The quantitative estimate of drug-likeness (QED) is 0.889. The predicted molar refractivity (Wildman–Crippen MR) is 65.8 cm³/mol. The minimum absolute atomic E-state index is 0.198. The minimum Gasteiger partial charge on any atom is -0.393 e.